The summed E-state index contributed by atoms with van der Waals surface area (Å²) in [5.41, 5.74) is 1.99. The summed E-state index contributed by atoms with van der Waals surface area (Å²) in [5.74, 6) is 3.85. The van der Waals surface area contributed by atoms with Crippen molar-refractivity contribution in [3.05, 3.63) is 35.4 Å². The fourth-order valence-electron chi connectivity index (χ4n) is 1.14. The largest absolute Gasteiger partial charge is 0.308 e. The third-order valence-corrected chi connectivity index (χ3v) is 1.83. The van der Waals surface area contributed by atoms with Gasteiger partial charge in [-0.1, -0.05) is 13.0 Å². The Morgan fingerprint density at radius 3 is 2.47 bits per heavy atom. The van der Waals surface area contributed by atoms with Gasteiger partial charge in [-0.15, -0.1) is 0 Å². The molecule has 0 spiro atoms. The summed E-state index contributed by atoms with van der Waals surface area (Å²) in [4.78, 5) is 3.95. The van der Waals surface area contributed by atoms with Gasteiger partial charge in [0.2, 0.25) is 0 Å². The van der Waals surface area contributed by atoms with E-state index in [0.29, 0.717) is 6.54 Å². The van der Waals surface area contributed by atoms with Crippen molar-refractivity contribution in [1.82, 2.24) is 5.43 Å². The molecule has 0 aliphatic heterocycles. The van der Waals surface area contributed by atoms with Crippen LogP contribution in [-0.4, -0.2) is 12.4 Å². The molecule has 15 heavy (non-hydrogen) atoms. The molecule has 5 heteroatoms. The third-order valence-electron chi connectivity index (χ3n) is 1.83. The van der Waals surface area contributed by atoms with E-state index >= 15 is 0 Å². The number of hydrazine groups is 1. The van der Waals surface area contributed by atoms with E-state index in [1.54, 1.807) is 0 Å². The summed E-state index contributed by atoms with van der Waals surface area (Å²) in [5, 5.41) is 0. The van der Waals surface area contributed by atoms with Gasteiger partial charge in [0, 0.05) is 6.54 Å². The van der Waals surface area contributed by atoms with Crippen molar-refractivity contribution < 1.29 is 8.78 Å². The van der Waals surface area contributed by atoms with Crippen LogP contribution < -0.4 is 11.3 Å². The molecule has 1 rings (SSSR count). The second kappa shape index (κ2) is 5.41. The number of benzene rings is 1. The first-order chi connectivity index (χ1) is 7.20. The van der Waals surface area contributed by atoms with Crippen LogP contribution in [0, 0.1) is 11.6 Å². The van der Waals surface area contributed by atoms with E-state index < -0.39 is 11.6 Å². The van der Waals surface area contributed by atoms with Gasteiger partial charge >= 0.3 is 0 Å². The van der Waals surface area contributed by atoms with Gasteiger partial charge in [0.25, 0.3) is 0 Å². The smallest absolute Gasteiger partial charge is 0.148 e. The standard InChI is InChI=1S/C10H13F2N3/c1-2-6-14-10(15-13)9-7(11)4-3-5-8(9)12/h3-5H,2,6,13H2,1H3,(H,14,15). The lowest BCUT2D eigenvalue weighted by Gasteiger charge is -2.07. The van der Waals surface area contributed by atoms with E-state index in [1.807, 2.05) is 6.92 Å². The Labute approximate surface area is 87.0 Å². The van der Waals surface area contributed by atoms with Crippen LogP contribution in [0.4, 0.5) is 8.78 Å². The van der Waals surface area contributed by atoms with E-state index in [1.165, 1.54) is 6.07 Å². The number of aliphatic imine (C=N–C) groups is 1. The fraction of sp³-hybridized carbons (Fsp3) is 0.300. The minimum absolute atomic E-state index is 0.0347. The Morgan fingerprint density at radius 2 is 2.00 bits per heavy atom. The fourth-order valence-corrected chi connectivity index (χ4v) is 1.14. The zero-order chi connectivity index (χ0) is 11.3. The van der Waals surface area contributed by atoms with Crippen molar-refractivity contribution in [2.75, 3.05) is 6.54 Å². The molecule has 0 saturated heterocycles. The summed E-state index contributed by atoms with van der Waals surface area (Å²) in [6, 6.07) is 3.62. The van der Waals surface area contributed by atoms with Crippen LogP contribution in [0.25, 0.3) is 0 Å². The van der Waals surface area contributed by atoms with Crippen molar-refractivity contribution in [2.45, 2.75) is 13.3 Å². The van der Waals surface area contributed by atoms with Gasteiger partial charge in [0.05, 0.1) is 5.56 Å². The highest BCUT2D eigenvalue weighted by atomic mass is 19.1. The van der Waals surface area contributed by atoms with Crippen LogP contribution in [0.5, 0.6) is 0 Å². The topological polar surface area (TPSA) is 50.4 Å². The normalized spacial score (nSPS) is 11.6. The van der Waals surface area contributed by atoms with E-state index in [9.17, 15) is 8.78 Å². The summed E-state index contributed by atoms with van der Waals surface area (Å²) < 4.78 is 26.6. The lowest BCUT2D eigenvalue weighted by molar-refractivity contribution is 0.577. The molecule has 3 nitrogen and oxygen atoms in total. The van der Waals surface area contributed by atoms with Gasteiger partial charge in [-0.3, -0.25) is 4.99 Å². The lowest BCUT2D eigenvalue weighted by atomic mass is 10.2. The van der Waals surface area contributed by atoms with Crippen molar-refractivity contribution in [3.8, 4) is 0 Å². The van der Waals surface area contributed by atoms with E-state index in [0.717, 1.165) is 18.6 Å². The molecular formula is C10H13F2N3. The molecule has 0 heterocycles. The first-order valence-corrected chi connectivity index (χ1v) is 4.66. The molecular weight excluding hydrogens is 200 g/mol. The molecule has 3 N–H and O–H groups in total. The maximum atomic E-state index is 13.3. The maximum Gasteiger partial charge on any atom is 0.148 e. The van der Waals surface area contributed by atoms with Gasteiger partial charge in [-0.05, 0) is 18.6 Å². The minimum atomic E-state index is -0.678. The highest BCUT2D eigenvalue weighted by Crippen LogP contribution is 2.12. The van der Waals surface area contributed by atoms with Gasteiger partial charge < -0.3 is 5.43 Å². The lowest BCUT2D eigenvalue weighted by Crippen LogP contribution is -2.33. The van der Waals surface area contributed by atoms with Gasteiger partial charge in [-0.2, -0.15) is 0 Å². The summed E-state index contributed by atoms with van der Waals surface area (Å²) in [6.07, 6.45) is 0.779. The molecule has 0 amide bonds. The van der Waals surface area contributed by atoms with Crippen molar-refractivity contribution >= 4 is 5.84 Å². The van der Waals surface area contributed by atoms with Gasteiger partial charge in [0.15, 0.2) is 0 Å². The van der Waals surface area contributed by atoms with Crippen molar-refractivity contribution in [3.63, 3.8) is 0 Å². The molecule has 0 fully saturated rings. The SMILES string of the molecule is CCCN=C(NN)c1c(F)cccc1F. The first kappa shape index (κ1) is 11.6. The number of nitrogens with zero attached hydrogens (tertiary/aromatic N) is 1. The Morgan fingerprint density at radius 1 is 1.40 bits per heavy atom. The number of nitrogens with two attached hydrogens (primary N) is 1. The number of hydrogen-bond donors (Lipinski definition) is 2. The first-order valence-electron chi connectivity index (χ1n) is 4.66. The summed E-state index contributed by atoms with van der Waals surface area (Å²) >= 11 is 0. The zero-order valence-corrected chi connectivity index (χ0v) is 8.43. The van der Waals surface area contributed by atoms with Gasteiger partial charge in [0.1, 0.15) is 17.5 Å². The quantitative estimate of drug-likeness (QED) is 0.346. The molecule has 1 aromatic rings. The van der Waals surface area contributed by atoms with E-state index in [-0.39, 0.29) is 11.4 Å². The molecule has 0 aromatic heterocycles. The zero-order valence-electron chi connectivity index (χ0n) is 8.43. The van der Waals surface area contributed by atoms with Crippen molar-refractivity contribution in [1.29, 1.82) is 0 Å². The number of rotatable bonds is 3. The maximum absolute atomic E-state index is 13.3. The Bertz CT molecular complexity index is 343. The predicted octanol–water partition coefficient (Wildman–Crippen LogP) is 1.58. The average molecular weight is 213 g/mol. The Kier molecular flexibility index (Phi) is 4.17. The predicted molar refractivity (Wildman–Crippen MR) is 55.4 cm³/mol. The molecule has 0 aliphatic rings. The molecule has 0 saturated carbocycles. The van der Waals surface area contributed by atoms with Gasteiger partial charge in [-0.25, -0.2) is 14.6 Å². The molecule has 0 atom stereocenters. The minimum Gasteiger partial charge on any atom is -0.308 e. The monoisotopic (exact) mass is 213 g/mol. The number of hydrogen-bond acceptors (Lipinski definition) is 2. The number of nitrogens with one attached hydrogen (secondary N) is 1. The summed E-state index contributed by atoms with van der Waals surface area (Å²) in [6.45, 7) is 2.38. The molecule has 1 aromatic carbocycles. The molecule has 0 bridgehead atoms. The van der Waals surface area contributed by atoms with Crippen LogP contribution in [0.15, 0.2) is 23.2 Å². The molecule has 0 unspecified atom stereocenters. The Hall–Kier alpha value is -1.49. The van der Waals surface area contributed by atoms with E-state index in [4.69, 9.17) is 5.84 Å². The average Bonchev–Trinajstić information content (AvgIpc) is 2.22. The number of amidine groups is 1. The van der Waals surface area contributed by atoms with Crippen molar-refractivity contribution in [2.24, 2.45) is 10.8 Å². The third kappa shape index (κ3) is 2.73. The van der Waals surface area contributed by atoms with Crippen LogP contribution in [0.2, 0.25) is 0 Å². The second-order valence-electron chi connectivity index (χ2n) is 2.97. The summed E-state index contributed by atoms with van der Waals surface area (Å²) in [7, 11) is 0. The highest BCUT2D eigenvalue weighted by molar-refractivity contribution is 5.98. The Balaban J connectivity index is 3.11. The number of halogens is 2. The van der Waals surface area contributed by atoms with Crippen LogP contribution in [0.1, 0.15) is 18.9 Å². The van der Waals surface area contributed by atoms with Crippen LogP contribution >= 0.6 is 0 Å². The second-order valence-corrected chi connectivity index (χ2v) is 2.97. The highest BCUT2D eigenvalue weighted by Gasteiger charge is 2.13. The van der Waals surface area contributed by atoms with E-state index in [2.05, 4.69) is 10.4 Å². The molecule has 0 radical (unpaired) electrons. The van der Waals surface area contributed by atoms with Crippen LogP contribution in [-0.2, 0) is 0 Å². The molecule has 0 aliphatic carbocycles. The molecule has 82 valence electrons. The van der Waals surface area contributed by atoms with Crippen LogP contribution in [0.3, 0.4) is 0 Å².